The zero-order chi connectivity index (χ0) is 14.0. The number of rotatable bonds is 2. The summed E-state index contributed by atoms with van der Waals surface area (Å²) >= 11 is 9.17. The van der Waals surface area contributed by atoms with Gasteiger partial charge >= 0.3 is 0 Å². The van der Waals surface area contributed by atoms with Crippen LogP contribution in [0.4, 0.5) is 0 Å². The van der Waals surface area contributed by atoms with Crippen LogP contribution in [0.15, 0.2) is 22.7 Å². The van der Waals surface area contributed by atoms with Gasteiger partial charge in [-0.2, -0.15) is 0 Å². The third-order valence-corrected chi connectivity index (χ3v) is 6.03. The van der Waals surface area contributed by atoms with Crippen LogP contribution in [0.2, 0.25) is 5.02 Å². The van der Waals surface area contributed by atoms with Crippen molar-refractivity contribution >= 4 is 43.3 Å². The first-order valence-corrected chi connectivity index (χ1v) is 8.83. The third kappa shape index (κ3) is 3.94. The predicted octanol–water partition coefficient (Wildman–Crippen LogP) is 2.41. The lowest BCUT2D eigenvalue weighted by atomic mass is 10.1. The molecular formula is C12H13BrClNO3S. The Hall–Kier alpha value is -0.590. The molecule has 1 aliphatic rings. The average Bonchev–Trinajstić information content (AvgIpc) is 2.31. The summed E-state index contributed by atoms with van der Waals surface area (Å²) in [5.74, 6) is -0.0663. The Morgan fingerprint density at radius 2 is 2.16 bits per heavy atom. The topological polar surface area (TPSA) is 63.2 Å². The molecular weight excluding hydrogens is 354 g/mol. The summed E-state index contributed by atoms with van der Waals surface area (Å²) in [6.07, 6.45) is 1.28. The van der Waals surface area contributed by atoms with Crippen molar-refractivity contribution in [2.24, 2.45) is 0 Å². The highest BCUT2D eigenvalue weighted by molar-refractivity contribution is 9.10. The van der Waals surface area contributed by atoms with E-state index in [0.29, 0.717) is 27.9 Å². The van der Waals surface area contributed by atoms with Gasteiger partial charge in [0.2, 0.25) is 0 Å². The minimum Gasteiger partial charge on any atom is -0.348 e. The Labute approximate surface area is 125 Å². The second kappa shape index (κ2) is 5.81. The monoisotopic (exact) mass is 365 g/mol. The first kappa shape index (κ1) is 14.8. The summed E-state index contributed by atoms with van der Waals surface area (Å²) < 4.78 is 23.7. The van der Waals surface area contributed by atoms with Gasteiger partial charge in [-0.3, -0.25) is 4.79 Å². The number of hydrogen-bond acceptors (Lipinski definition) is 3. The zero-order valence-corrected chi connectivity index (χ0v) is 13.2. The number of nitrogens with one attached hydrogen (secondary N) is 1. The quantitative estimate of drug-likeness (QED) is 0.874. The van der Waals surface area contributed by atoms with Gasteiger partial charge in [0.1, 0.15) is 0 Å². The standard InChI is InChI=1S/C12H13BrClNO3S/c13-10-4-3-8(6-11(10)14)12(16)15-9-2-1-5-19(17,18)7-9/h3-4,6,9H,1-2,5,7H2,(H,15,16). The van der Waals surface area contributed by atoms with Crippen molar-refractivity contribution in [2.45, 2.75) is 18.9 Å². The number of benzene rings is 1. The summed E-state index contributed by atoms with van der Waals surface area (Å²) in [7, 11) is -3.02. The van der Waals surface area contributed by atoms with E-state index in [0.717, 1.165) is 0 Å². The summed E-state index contributed by atoms with van der Waals surface area (Å²) in [5.41, 5.74) is 0.427. The van der Waals surface area contributed by atoms with Gasteiger partial charge in [-0.25, -0.2) is 8.42 Å². The van der Waals surface area contributed by atoms with Gasteiger partial charge in [-0.15, -0.1) is 0 Å². The second-order valence-corrected chi connectivity index (χ2v) is 8.05. The van der Waals surface area contributed by atoms with Gasteiger partial charge < -0.3 is 5.32 Å². The van der Waals surface area contributed by atoms with E-state index in [9.17, 15) is 13.2 Å². The predicted molar refractivity (Wildman–Crippen MR) is 78.3 cm³/mol. The lowest BCUT2D eigenvalue weighted by Gasteiger charge is -2.23. The van der Waals surface area contributed by atoms with Crippen LogP contribution in [0.25, 0.3) is 0 Å². The van der Waals surface area contributed by atoms with Crippen LogP contribution in [0.5, 0.6) is 0 Å². The first-order chi connectivity index (χ1) is 8.87. The Kier molecular flexibility index (Phi) is 4.53. The Morgan fingerprint density at radius 3 is 2.79 bits per heavy atom. The van der Waals surface area contributed by atoms with Crippen LogP contribution >= 0.6 is 27.5 Å². The molecule has 1 saturated heterocycles. The SMILES string of the molecule is O=C(NC1CCCS(=O)(=O)C1)c1ccc(Br)c(Cl)c1. The van der Waals surface area contributed by atoms with Crippen LogP contribution in [0, 0.1) is 0 Å². The van der Waals surface area contributed by atoms with Crippen molar-refractivity contribution in [3.05, 3.63) is 33.3 Å². The van der Waals surface area contributed by atoms with E-state index in [1.807, 2.05) is 0 Å². The fourth-order valence-electron chi connectivity index (χ4n) is 2.04. The lowest BCUT2D eigenvalue weighted by Crippen LogP contribution is -2.43. The third-order valence-electron chi connectivity index (χ3n) is 2.98. The van der Waals surface area contributed by atoms with Crippen LogP contribution < -0.4 is 5.32 Å². The van der Waals surface area contributed by atoms with Crippen molar-refractivity contribution in [2.75, 3.05) is 11.5 Å². The molecule has 1 amide bonds. The van der Waals surface area contributed by atoms with Gasteiger partial charge in [-0.05, 0) is 47.0 Å². The van der Waals surface area contributed by atoms with E-state index in [2.05, 4.69) is 21.2 Å². The van der Waals surface area contributed by atoms with Crippen LogP contribution in [0.3, 0.4) is 0 Å². The van der Waals surface area contributed by atoms with Gasteiger partial charge in [0, 0.05) is 16.1 Å². The zero-order valence-electron chi connectivity index (χ0n) is 10.0. The van der Waals surface area contributed by atoms with Crippen LogP contribution in [-0.2, 0) is 9.84 Å². The van der Waals surface area contributed by atoms with Crippen molar-refractivity contribution in [3.8, 4) is 0 Å². The molecule has 1 fully saturated rings. The number of amides is 1. The number of halogens is 2. The molecule has 0 saturated carbocycles. The molecule has 1 atom stereocenters. The maximum absolute atomic E-state index is 12.0. The average molecular weight is 367 g/mol. The van der Waals surface area contributed by atoms with E-state index >= 15 is 0 Å². The Morgan fingerprint density at radius 1 is 1.42 bits per heavy atom. The molecule has 4 nitrogen and oxygen atoms in total. The molecule has 0 spiro atoms. The highest BCUT2D eigenvalue weighted by Gasteiger charge is 2.26. The number of carbonyl (C=O) groups excluding carboxylic acids is 1. The molecule has 104 valence electrons. The van der Waals surface area contributed by atoms with Gasteiger partial charge in [0.25, 0.3) is 5.91 Å². The first-order valence-electron chi connectivity index (χ1n) is 5.84. The normalized spacial score (nSPS) is 21.9. The van der Waals surface area contributed by atoms with Crippen LogP contribution in [0.1, 0.15) is 23.2 Å². The van der Waals surface area contributed by atoms with Gasteiger partial charge in [0.15, 0.2) is 9.84 Å². The largest absolute Gasteiger partial charge is 0.348 e. The fourth-order valence-corrected chi connectivity index (χ4v) is 4.11. The molecule has 0 aromatic heterocycles. The molecule has 0 bridgehead atoms. The molecule has 2 rings (SSSR count). The molecule has 1 aliphatic heterocycles. The molecule has 7 heteroatoms. The van der Waals surface area contributed by atoms with E-state index in [1.165, 1.54) is 0 Å². The summed E-state index contributed by atoms with van der Waals surface area (Å²) in [6.45, 7) is 0. The molecule has 0 aliphatic carbocycles. The maximum atomic E-state index is 12.0. The van der Waals surface area contributed by atoms with E-state index in [4.69, 9.17) is 11.6 Å². The molecule has 0 radical (unpaired) electrons. The van der Waals surface area contributed by atoms with Crippen molar-refractivity contribution in [1.29, 1.82) is 0 Å². The van der Waals surface area contributed by atoms with E-state index < -0.39 is 9.84 Å². The maximum Gasteiger partial charge on any atom is 0.251 e. The smallest absolute Gasteiger partial charge is 0.251 e. The fraction of sp³-hybridized carbons (Fsp3) is 0.417. The summed E-state index contributed by atoms with van der Waals surface area (Å²) in [5, 5.41) is 3.19. The summed E-state index contributed by atoms with van der Waals surface area (Å²) in [4.78, 5) is 12.0. The minimum atomic E-state index is -3.02. The highest BCUT2D eigenvalue weighted by atomic mass is 79.9. The van der Waals surface area contributed by atoms with Crippen LogP contribution in [-0.4, -0.2) is 31.9 Å². The highest BCUT2D eigenvalue weighted by Crippen LogP contribution is 2.23. The Bertz CT molecular complexity index is 603. The van der Waals surface area contributed by atoms with E-state index in [1.54, 1.807) is 18.2 Å². The molecule has 1 unspecified atom stereocenters. The van der Waals surface area contributed by atoms with Crippen molar-refractivity contribution in [3.63, 3.8) is 0 Å². The van der Waals surface area contributed by atoms with Crippen molar-refractivity contribution < 1.29 is 13.2 Å². The molecule has 1 heterocycles. The number of carbonyl (C=O) groups is 1. The molecule has 1 N–H and O–H groups in total. The second-order valence-electron chi connectivity index (χ2n) is 4.56. The van der Waals surface area contributed by atoms with Gasteiger partial charge in [0.05, 0.1) is 16.5 Å². The van der Waals surface area contributed by atoms with E-state index in [-0.39, 0.29) is 23.5 Å². The Balaban J connectivity index is 2.06. The lowest BCUT2D eigenvalue weighted by molar-refractivity contribution is 0.0938. The van der Waals surface area contributed by atoms with Crippen molar-refractivity contribution in [1.82, 2.24) is 5.32 Å². The minimum absolute atomic E-state index is 0.0169. The number of sulfone groups is 1. The summed E-state index contributed by atoms with van der Waals surface area (Å²) in [6, 6.07) is 4.57. The molecule has 19 heavy (non-hydrogen) atoms. The number of hydrogen-bond donors (Lipinski definition) is 1. The molecule has 1 aromatic rings. The van der Waals surface area contributed by atoms with Gasteiger partial charge in [-0.1, -0.05) is 11.6 Å². The molecule has 1 aromatic carbocycles.